The number of carbonyl (C=O) groups is 1. The smallest absolute Gasteiger partial charge is 0.326 e. The summed E-state index contributed by atoms with van der Waals surface area (Å²) in [6.45, 7) is 3.46. The van der Waals surface area contributed by atoms with Crippen LogP contribution >= 0.6 is 23.3 Å². The van der Waals surface area contributed by atoms with Gasteiger partial charge < -0.3 is 10.5 Å². The van der Waals surface area contributed by atoms with Gasteiger partial charge in [0.2, 0.25) is 0 Å². The average Bonchev–Trinajstić information content (AvgIpc) is 2.60. The standard InChI is InChI=1S/C8H13N3O2S2/c1-5-10-7(15-11-5)14-4-8(2,9)6(12)13-3/h4,9H2,1-3H3. The Labute approximate surface area is 96.6 Å². The van der Waals surface area contributed by atoms with Crippen molar-refractivity contribution in [3.63, 3.8) is 0 Å². The van der Waals surface area contributed by atoms with E-state index in [4.69, 9.17) is 5.73 Å². The molecule has 2 N–H and O–H groups in total. The van der Waals surface area contributed by atoms with E-state index in [0.717, 1.165) is 10.2 Å². The minimum Gasteiger partial charge on any atom is -0.468 e. The number of nitrogens with two attached hydrogens (primary N) is 1. The van der Waals surface area contributed by atoms with Gasteiger partial charge in [-0.25, -0.2) is 4.98 Å². The third-order valence-corrected chi connectivity index (χ3v) is 3.92. The van der Waals surface area contributed by atoms with Gasteiger partial charge in [0.05, 0.1) is 7.11 Å². The van der Waals surface area contributed by atoms with Gasteiger partial charge in [0.15, 0.2) is 4.34 Å². The van der Waals surface area contributed by atoms with E-state index in [1.165, 1.54) is 30.4 Å². The van der Waals surface area contributed by atoms with Gasteiger partial charge in [-0.15, -0.1) is 0 Å². The molecule has 1 atom stereocenters. The summed E-state index contributed by atoms with van der Waals surface area (Å²) in [5.41, 5.74) is 4.80. The Kier molecular flexibility index (Phi) is 4.06. The van der Waals surface area contributed by atoms with Gasteiger partial charge in [-0.1, -0.05) is 11.8 Å². The summed E-state index contributed by atoms with van der Waals surface area (Å²) in [5.74, 6) is 0.740. The molecule has 0 spiro atoms. The van der Waals surface area contributed by atoms with Crippen molar-refractivity contribution in [2.75, 3.05) is 12.9 Å². The molecule has 1 aromatic heterocycles. The Morgan fingerprint density at radius 3 is 2.87 bits per heavy atom. The molecule has 84 valence electrons. The molecule has 0 aliphatic rings. The van der Waals surface area contributed by atoms with Crippen LogP contribution in [0.5, 0.6) is 0 Å². The maximum Gasteiger partial charge on any atom is 0.326 e. The Balaban J connectivity index is 2.53. The van der Waals surface area contributed by atoms with Crippen LogP contribution < -0.4 is 5.73 Å². The number of ether oxygens (including phenoxy) is 1. The Morgan fingerprint density at radius 2 is 2.40 bits per heavy atom. The van der Waals surface area contributed by atoms with Crippen molar-refractivity contribution in [3.8, 4) is 0 Å². The van der Waals surface area contributed by atoms with Crippen molar-refractivity contribution >= 4 is 29.3 Å². The van der Waals surface area contributed by atoms with Gasteiger partial charge in [-0.05, 0) is 25.4 Å². The lowest BCUT2D eigenvalue weighted by atomic mass is 10.1. The van der Waals surface area contributed by atoms with Crippen molar-refractivity contribution in [2.45, 2.75) is 23.7 Å². The van der Waals surface area contributed by atoms with E-state index in [1.54, 1.807) is 6.92 Å². The molecule has 0 saturated carbocycles. The minimum atomic E-state index is -0.987. The second kappa shape index (κ2) is 4.91. The SMILES string of the molecule is COC(=O)C(C)(N)CSc1nc(C)ns1. The summed E-state index contributed by atoms with van der Waals surface area (Å²) in [5, 5.41) is 0. The second-order valence-corrected chi connectivity index (χ2v) is 5.28. The van der Waals surface area contributed by atoms with E-state index in [9.17, 15) is 4.79 Å². The summed E-state index contributed by atoms with van der Waals surface area (Å²) < 4.78 is 9.45. The van der Waals surface area contributed by atoms with Crippen LogP contribution in [0.15, 0.2) is 4.34 Å². The molecular formula is C8H13N3O2S2. The lowest BCUT2D eigenvalue weighted by Crippen LogP contribution is -2.48. The average molecular weight is 247 g/mol. The number of hydrogen-bond donors (Lipinski definition) is 1. The number of aryl methyl sites for hydroxylation is 1. The van der Waals surface area contributed by atoms with Gasteiger partial charge >= 0.3 is 5.97 Å². The van der Waals surface area contributed by atoms with Gasteiger partial charge in [0.25, 0.3) is 0 Å². The van der Waals surface area contributed by atoms with Gasteiger partial charge in [-0.2, -0.15) is 4.37 Å². The fraction of sp³-hybridized carbons (Fsp3) is 0.625. The highest BCUT2D eigenvalue weighted by atomic mass is 32.2. The quantitative estimate of drug-likeness (QED) is 0.627. The lowest BCUT2D eigenvalue weighted by Gasteiger charge is -2.19. The van der Waals surface area contributed by atoms with E-state index < -0.39 is 11.5 Å². The van der Waals surface area contributed by atoms with Crippen molar-refractivity contribution in [2.24, 2.45) is 5.73 Å². The van der Waals surface area contributed by atoms with Crippen molar-refractivity contribution in [1.29, 1.82) is 0 Å². The molecule has 5 nitrogen and oxygen atoms in total. The first kappa shape index (κ1) is 12.4. The number of aromatic nitrogens is 2. The van der Waals surface area contributed by atoms with Crippen LogP contribution in [0.4, 0.5) is 0 Å². The Hall–Kier alpha value is -0.660. The number of hydrogen-bond acceptors (Lipinski definition) is 7. The predicted molar refractivity (Wildman–Crippen MR) is 60.0 cm³/mol. The first-order chi connectivity index (χ1) is 6.95. The van der Waals surface area contributed by atoms with Crippen LogP contribution in [0.2, 0.25) is 0 Å². The zero-order chi connectivity index (χ0) is 11.5. The van der Waals surface area contributed by atoms with E-state index in [1.807, 2.05) is 6.92 Å². The van der Waals surface area contributed by atoms with Crippen molar-refractivity contribution in [1.82, 2.24) is 9.36 Å². The molecule has 0 fully saturated rings. The third-order valence-electron chi connectivity index (χ3n) is 1.66. The predicted octanol–water partition coefficient (Wildman–Crippen LogP) is 0.829. The topological polar surface area (TPSA) is 78.1 Å². The molecule has 1 aromatic rings. The van der Waals surface area contributed by atoms with Crippen molar-refractivity contribution < 1.29 is 9.53 Å². The van der Waals surface area contributed by atoms with Gasteiger partial charge in [-0.3, -0.25) is 4.79 Å². The molecule has 1 heterocycles. The number of nitrogens with zero attached hydrogens (tertiary/aromatic N) is 2. The first-order valence-corrected chi connectivity index (χ1v) is 6.02. The lowest BCUT2D eigenvalue weighted by molar-refractivity contribution is -0.145. The highest BCUT2D eigenvalue weighted by Gasteiger charge is 2.29. The van der Waals surface area contributed by atoms with E-state index in [-0.39, 0.29) is 0 Å². The minimum absolute atomic E-state index is 0.420. The molecule has 0 saturated heterocycles. The van der Waals surface area contributed by atoms with Crippen LogP contribution in [0.1, 0.15) is 12.7 Å². The summed E-state index contributed by atoms with van der Waals surface area (Å²) >= 11 is 2.71. The Morgan fingerprint density at radius 1 is 1.73 bits per heavy atom. The van der Waals surface area contributed by atoms with Crippen LogP contribution in [0.3, 0.4) is 0 Å². The largest absolute Gasteiger partial charge is 0.468 e. The van der Waals surface area contributed by atoms with Gasteiger partial charge in [0.1, 0.15) is 11.4 Å². The molecule has 15 heavy (non-hydrogen) atoms. The zero-order valence-corrected chi connectivity index (χ0v) is 10.4. The second-order valence-electron chi connectivity index (χ2n) is 3.31. The zero-order valence-electron chi connectivity index (χ0n) is 8.81. The van der Waals surface area contributed by atoms with Crippen LogP contribution in [-0.4, -0.2) is 33.7 Å². The summed E-state index contributed by atoms with van der Waals surface area (Å²) in [4.78, 5) is 15.4. The molecule has 0 aliphatic carbocycles. The molecule has 0 radical (unpaired) electrons. The van der Waals surface area contributed by atoms with Crippen molar-refractivity contribution in [3.05, 3.63) is 5.82 Å². The number of carbonyl (C=O) groups excluding carboxylic acids is 1. The highest BCUT2D eigenvalue weighted by Crippen LogP contribution is 2.23. The fourth-order valence-electron chi connectivity index (χ4n) is 0.840. The summed E-state index contributed by atoms with van der Waals surface area (Å²) in [7, 11) is 1.33. The molecule has 0 bridgehead atoms. The van der Waals surface area contributed by atoms with E-state index in [2.05, 4.69) is 14.1 Å². The molecule has 0 aliphatic heterocycles. The summed E-state index contributed by atoms with van der Waals surface area (Å²) in [6, 6.07) is 0. The van der Waals surface area contributed by atoms with Crippen LogP contribution in [0, 0.1) is 6.92 Å². The maximum absolute atomic E-state index is 11.3. The van der Waals surface area contributed by atoms with Crippen LogP contribution in [0.25, 0.3) is 0 Å². The number of thioether (sulfide) groups is 1. The first-order valence-electron chi connectivity index (χ1n) is 4.26. The molecule has 1 unspecified atom stereocenters. The normalized spacial score (nSPS) is 14.7. The van der Waals surface area contributed by atoms with Crippen LogP contribution in [-0.2, 0) is 9.53 Å². The fourth-order valence-corrected chi connectivity index (χ4v) is 2.50. The molecule has 0 amide bonds. The molecule has 1 rings (SSSR count). The number of esters is 1. The maximum atomic E-state index is 11.3. The molecule has 7 heteroatoms. The Bertz CT molecular complexity index is 351. The monoisotopic (exact) mass is 247 g/mol. The third kappa shape index (κ3) is 3.44. The number of rotatable bonds is 4. The highest BCUT2D eigenvalue weighted by molar-refractivity contribution is 8.01. The van der Waals surface area contributed by atoms with E-state index >= 15 is 0 Å². The molecule has 0 aromatic carbocycles. The van der Waals surface area contributed by atoms with E-state index in [0.29, 0.717) is 5.75 Å². The van der Waals surface area contributed by atoms with Gasteiger partial charge in [0, 0.05) is 5.75 Å². The molecular weight excluding hydrogens is 234 g/mol. The number of methoxy groups -OCH3 is 1. The summed E-state index contributed by atoms with van der Waals surface area (Å²) in [6.07, 6.45) is 0.